The number of sulfone groups is 1. The zero-order valence-corrected chi connectivity index (χ0v) is 18.5. The molecular formula is C23H33N3O3S. The molecule has 1 aromatic carbocycles. The number of piperazine rings is 1. The third-order valence-electron chi connectivity index (χ3n) is 6.63. The Bertz CT molecular complexity index is 850. The molecule has 30 heavy (non-hydrogen) atoms. The lowest BCUT2D eigenvalue weighted by Crippen LogP contribution is -2.52. The molecule has 0 saturated carbocycles. The molecule has 3 fully saturated rings. The summed E-state index contributed by atoms with van der Waals surface area (Å²) in [4.78, 5) is 19.1. The molecule has 0 bridgehead atoms. The summed E-state index contributed by atoms with van der Waals surface area (Å²) < 4.78 is 23.4. The number of benzene rings is 1. The molecule has 0 spiro atoms. The Labute approximate surface area is 180 Å². The molecule has 3 aliphatic rings. The van der Waals surface area contributed by atoms with Gasteiger partial charge in [-0.25, -0.2) is 8.42 Å². The van der Waals surface area contributed by atoms with Gasteiger partial charge < -0.3 is 9.80 Å². The third-order valence-corrected chi connectivity index (χ3v) is 8.38. The van der Waals surface area contributed by atoms with E-state index in [1.54, 1.807) is 6.08 Å². The first kappa shape index (κ1) is 21.4. The molecule has 3 heterocycles. The molecule has 1 aromatic rings. The Morgan fingerprint density at radius 2 is 1.57 bits per heavy atom. The van der Waals surface area contributed by atoms with E-state index >= 15 is 0 Å². The van der Waals surface area contributed by atoms with Crippen molar-refractivity contribution in [3.05, 3.63) is 35.9 Å². The third kappa shape index (κ3) is 5.43. The van der Waals surface area contributed by atoms with Crippen LogP contribution < -0.4 is 4.90 Å². The van der Waals surface area contributed by atoms with Gasteiger partial charge in [-0.1, -0.05) is 25.0 Å². The van der Waals surface area contributed by atoms with Crippen molar-refractivity contribution in [2.24, 2.45) is 0 Å². The normalized spacial score (nSPS) is 25.5. The number of rotatable bonds is 4. The number of hydrogen-bond acceptors (Lipinski definition) is 5. The lowest BCUT2D eigenvalue weighted by Gasteiger charge is -2.37. The van der Waals surface area contributed by atoms with Crippen LogP contribution in [0.2, 0.25) is 0 Å². The minimum absolute atomic E-state index is 0.0327. The van der Waals surface area contributed by atoms with Crippen LogP contribution in [-0.2, 0) is 14.6 Å². The van der Waals surface area contributed by atoms with Crippen LogP contribution in [0.25, 0.3) is 6.08 Å². The number of carbonyl (C=O) groups excluding carboxylic acids is 1. The first-order chi connectivity index (χ1) is 14.5. The summed E-state index contributed by atoms with van der Waals surface area (Å²) in [5.41, 5.74) is 2.31. The van der Waals surface area contributed by atoms with Gasteiger partial charge in [-0.3, -0.25) is 9.69 Å². The first-order valence-electron chi connectivity index (χ1n) is 11.3. The fourth-order valence-electron chi connectivity index (χ4n) is 4.77. The van der Waals surface area contributed by atoms with Crippen LogP contribution in [0, 0.1) is 0 Å². The van der Waals surface area contributed by atoms with Gasteiger partial charge in [-0.15, -0.1) is 0 Å². The topological polar surface area (TPSA) is 60.9 Å². The molecule has 0 aromatic heterocycles. The van der Waals surface area contributed by atoms with Crippen molar-refractivity contribution in [3.8, 4) is 0 Å². The summed E-state index contributed by atoms with van der Waals surface area (Å²) >= 11 is 0. The standard InChI is InChI=1S/C23H33N3O3S/c27-23(26-16-14-25(15-17-26)22-11-18-30(28,29)19-22)10-7-20-5-8-21(9-6-20)24-12-3-1-2-4-13-24/h5-10,22H,1-4,11-19H2. The molecule has 7 heteroatoms. The van der Waals surface area contributed by atoms with Crippen molar-refractivity contribution in [1.82, 2.24) is 9.80 Å². The van der Waals surface area contributed by atoms with Gasteiger partial charge in [-0.2, -0.15) is 0 Å². The van der Waals surface area contributed by atoms with Gasteiger partial charge in [0.15, 0.2) is 9.84 Å². The lowest BCUT2D eigenvalue weighted by molar-refractivity contribution is -0.127. The molecule has 1 atom stereocenters. The van der Waals surface area contributed by atoms with Gasteiger partial charge in [0, 0.05) is 57.1 Å². The fraction of sp³-hybridized carbons (Fsp3) is 0.609. The predicted octanol–water partition coefficient (Wildman–Crippen LogP) is 2.41. The Balaban J connectivity index is 1.27. The Hall–Kier alpha value is -1.86. The number of nitrogens with zero attached hydrogens (tertiary/aromatic N) is 3. The minimum atomic E-state index is -2.86. The van der Waals surface area contributed by atoms with Crippen molar-refractivity contribution < 1.29 is 13.2 Å². The minimum Gasteiger partial charge on any atom is -0.372 e. The van der Waals surface area contributed by atoms with E-state index in [-0.39, 0.29) is 17.7 Å². The van der Waals surface area contributed by atoms with Gasteiger partial charge in [-0.05, 0) is 43.0 Å². The Kier molecular flexibility index (Phi) is 6.78. The molecule has 0 N–H and O–H groups in total. The van der Waals surface area contributed by atoms with Crippen molar-refractivity contribution in [2.45, 2.75) is 38.1 Å². The van der Waals surface area contributed by atoms with Gasteiger partial charge >= 0.3 is 0 Å². The quantitative estimate of drug-likeness (QED) is 0.685. The van der Waals surface area contributed by atoms with Crippen molar-refractivity contribution >= 4 is 27.5 Å². The maximum atomic E-state index is 12.6. The van der Waals surface area contributed by atoms with E-state index in [9.17, 15) is 13.2 Å². The summed E-state index contributed by atoms with van der Waals surface area (Å²) in [6, 6.07) is 8.61. The highest BCUT2D eigenvalue weighted by Gasteiger charge is 2.34. The predicted molar refractivity (Wildman–Crippen MR) is 121 cm³/mol. The second kappa shape index (κ2) is 9.52. The Morgan fingerprint density at radius 3 is 2.17 bits per heavy atom. The molecule has 1 unspecified atom stereocenters. The summed E-state index contributed by atoms with van der Waals surface area (Å²) in [6.45, 7) is 5.09. The van der Waals surface area contributed by atoms with Crippen LogP contribution in [-0.4, -0.2) is 80.9 Å². The maximum Gasteiger partial charge on any atom is 0.246 e. The van der Waals surface area contributed by atoms with Crippen LogP contribution in [0.3, 0.4) is 0 Å². The highest BCUT2D eigenvalue weighted by molar-refractivity contribution is 7.91. The first-order valence-corrected chi connectivity index (χ1v) is 13.1. The smallest absolute Gasteiger partial charge is 0.246 e. The van der Waals surface area contributed by atoms with Gasteiger partial charge in [0.25, 0.3) is 0 Å². The van der Waals surface area contributed by atoms with E-state index in [0.717, 1.165) is 38.2 Å². The fourth-order valence-corrected chi connectivity index (χ4v) is 6.53. The van der Waals surface area contributed by atoms with Gasteiger partial charge in [0.2, 0.25) is 5.91 Å². The summed E-state index contributed by atoms with van der Waals surface area (Å²) in [5, 5.41) is 0. The van der Waals surface area contributed by atoms with Crippen LogP contribution in [0.15, 0.2) is 30.3 Å². The second-order valence-electron chi connectivity index (χ2n) is 8.74. The molecule has 1 amide bonds. The number of anilines is 1. The monoisotopic (exact) mass is 431 g/mol. The van der Waals surface area contributed by atoms with Crippen LogP contribution in [0.1, 0.15) is 37.7 Å². The summed E-state index contributed by atoms with van der Waals surface area (Å²) in [6.07, 6.45) is 9.46. The van der Waals surface area contributed by atoms with Crippen molar-refractivity contribution in [3.63, 3.8) is 0 Å². The van der Waals surface area contributed by atoms with E-state index in [4.69, 9.17) is 0 Å². The molecule has 3 aliphatic heterocycles. The highest BCUT2D eigenvalue weighted by atomic mass is 32.2. The lowest BCUT2D eigenvalue weighted by atomic mass is 10.1. The SMILES string of the molecule is O=C(C=Cc1ccc(N2CCCCCC2)cc1)N1CCN(C2CCS(=O)(=O)C2)CC1. The van der Waals surface area contributed by atoms with E-state index < -0.39 is 9.84 Å². The molecule has 4 rings (SSSR count). The van der Waals surface area contributed by atoms with Crippen LogP contribution >= 0.6 is 0 Å². The van der Waals surface area contributed by atoms with Crippen LogP contribution in [0.5, 0.6) is 0 Å². The van der Waals surface area contributed by atoms with Gasteiger partial charge in [0.1, 0.15) is 0 Å². The largest absolute Gasteiger partial charge is 0.372 e. The zero-order chi connectivity index (χ0) is 21.0. The summed E-state index contributed by atoms with van der Waals surface area (Å²) in [7, 11) is -2.86. The molecule has 6 nitrogen and oxygen atoms in total. The van der Waals surface area contributed by atoms with E-state index in [0.29, 0.717) is 18.8 Å². The van der Waals surface area contributed by atoms with Crippen LogP contribution in [0.4, 0.5) is 5.69 Å². The number of hydrogen-bond donors (Lipinski definition) is 0. The van der Waals surface area contributed by atoms with Gasteiger partial charge in [0.05, 0.1) is 11.5 Å². The molecular weight excluding hydrogens is 398 g/mol. The van der Waals surface area contributed by atoms with Crippen molar-refractivity contribution in [2.75, 3.05) is 55.7 Å². The number of carbonyl (C=O) groups is 1. The number of amides is 1. The molecule has 3 saturated heterocycles. The molecule has 164 valence electrons. The van der Waals surface area contributed by atoms with E-state index in [1.807, 2.05) is 11.0 Å². The zero-order valence-electron chi connectivity index (χ0n) is 17.7. The molecule has 0 aliphatic carbocycles. The van der Waals surface area contributed by atoms with E-state index in [1.165, 1.54) is 31.4 Å². The maximum absolute atomic E-state index is 12.6. The van der Waals surface area contributed by atoms with E-state index in [2.05, 4.69) is 34.1 Å². The average Bonchev–Trinajstić information content (AvgIpc) is 2.95. The average molecular weight is 432 g/mol. The Morgan fingerprint density at radius 1 is 0.900 bits per heavy atom. The second-order valence-corrected chi connectivity index (χ2v) is 11.0. The summed E-state index contributed by atoms with van der Waals surface area (Å²) in [5.74, 6) is 0.606. The highest BCUT2D eigenvalue weighted by Crippen LogP contribution is 2.21. The molecule has 0 radical (unpaired) electrons. The van der Waals surface area contributed by atoms with Crippen molar-refractivity contribution in [1.29, 1.82) is 0 Å².